The lowest BCUT2D eigenvalue weighted by Gasteiger charge is -2.20. The molecule has 1 saturated heterocycles. The number of rotatable bonds is 4. The van der Waals surface area contributed by atoms with E-state index in [0.717, 1.165) is 4.57 Å². The van der Waals surface area contributed by atoms with Gasteiger partial charge in [0.25, 0.3) is 0 Å². The Kier molecular flexibility index (Phi) is 5.55. The third kappa shape index (κ3) is 3.58. The van der Waals surface area contributed by atoms with E-state index in [1.807, 2.05) is 22.6 Å². The number of aromatic nitrogens is 2. The maximum absolute atomic E-state index is 12.2. The van der Waals surface area contributed by atoms with Crippen molar-refractivity contribution in [1.82, 2.24) is 9.55 Å². The predicted octanol–water partition coefficient (Wildman–Crippen LogP) is -0.0937. The highest BCUT2D eigenvalue weighted by Gasteiger charge is 2.47. The molecule has 3 rings (SSSR count). The van der Waals surface area contributed by atoms with Crippen LogP contribution < -0.4 is 11.4 Å². The fraction of sp³-hybridized carbons (Fsp3) is 0.312. The minimum absolute atomic E-state index is 0.0603. The third-order valence-corrected chi connectivity index (χ3v) is 4.78. The van der Waals surface area contributed by atoms with Gasteiger partial charge in [0, 0.05) is 6.20 Å². The maximum atomic E-state index is 12.2. The Balaban J connectivity index is 1.85. The van der Waals surface area contributed by atoms with Crippen molar-refractivity contribution in [3.8, 4) is 0 Å². The van der Waals surface area contributed by atoms with Gasteiger partial charge >= 0.3 is 11.7 Å². The number of anilines is 1. The lowest BCUT2D eigenvalue weighted by molar-refractivity contribution is -0.0563. The minimum atomic E-state index is -1.38. The van der Waals surface area contributed by atoms with Gasteiger partial charge in [0.2, 0.25) is 0 Å². The van der Waals surface area contributed by atoms with E-state index in [1.165, 1.54) is 6.20 Å². The summed E-state index contributed by atoms with van der Waals surface area (Å²) in [6.07, 6.45) is -3.31. The van der Waals surface area contributed by atoms with E-state index in [2.05, 4.69) is 4.98 Å². The predicted molar refractivity (Wildman–Crippen MR) is 98.3 cm³/mol. The quantitative estimate of drug-likeness (QED) is 0.414. The summed E-state index contributed by atoms with van der Waals surface area (Å²) in [5, 5.41) is 20.1. The molecule has 1 aromatic heterocycles. The SMILES string of the molecule is Nc1nc(=O)n([C@@H]2O[C@H](CO)[C@@H](OC(=O)c3ccccc3)[C@@H]2O)cc1I. The molecule has 1 aromatic carbocycles. The molecule has 10 heteroatoms. The number of carbonyl (C=O) groups is 1. The minimum Gasteiger partial charge on any atom is -0.453 e. The fourth-order valence-electron chi connectivity index (χ4n) is 2.65. The van der Waals surface area contributed by atoms with Crippen molar-refractivity contribution in [2.75, 3.05) is 12.3 Å². The largest absolute Gasteiger partial charge is 0.453 e. The van der Waals surface area contributed by atoms with Gasteiger partial charge in [-0.2, -0.15) is 4.98 Å². The van der Waals surface area contributed by atoms with Crippen molar-refractivity contribution in [1.29, 1.82) is 0 Å². The first-order chi connectivity index (χ1) is 12.4. The monoisotopic (exact) mass is 473 g/mol. The van der Waals surface area contributed by atoms with Gasteiger partial charge in [0.15, 0.2) is 12.3 Å². The van der Waals surface area contributed by atoms with Crippen LogP contribution in [0.25, 0.3) is 0 Å². The van der Waals surface area contributed by atoms with Gasteiger partial charge in [-0.05, 0) is 34.7 Å². The highest BCUT2D eigenvalue weighted by atomic mass is 127. The number of esters is 1. The molecule has 0 spiro atoms. The third-order valence-electron chi connectivity index (χ3n) is 3.95. The number of hydrogen-bond donors (Lipinski definition) is 3. The molecule has 0 aliphatic carbocycles. The van der Waals surface area contributed by atoms with Crippen LogP contribution in [0.15, 0.2) is 41.3 Å². The van der Waals surface area contributed by atoms with Crippen LogP contribution in [0.5, 0.6) is 0 Å². The summed E-state index contributed by atoms with van der Waals surface area (Å²) >= 11 is 1.89. The van der Waals surface area contributed by atoms with E-state index >= 15 is 0 Å². The molecule has 0 bridgehead atoms. The summed E-state index contributed by atoms with van der Waals surface area (Å²) in [7, 11) is 0. The van der Waals surface area contributed by atoms with Crippen molar-refractivity contribution in [3.05, 3.63) is 56.1 Å². The van der Waals surface area contributed by atoms with E-state index in [0.29, 0.717) is 9.13 Å². The molecule has 1 fully saturated rings. The average molecular weight is 473 g/mol. The number of halogens is 1. The number of nitrogen functional groups attached to an aromatic ring is 1. The Morgan fingerprint density at radius 2 is 2.08 bits per heavy atom. The normalized spacial score (nSPS) is 25.2. The number of aliphatic hydroxyl groups excluding tert-OH is 2. The number of aliphatic hydroxyl groups is 2. The standard InChI is InChI=1S/C16H16IN3O6/c17-9-6-20(16(24)19-13(9)18)14-11(22)12(10(7-21)25-14)26-15(23)8-4-2-1-3-5-8/h1-6,10-12,14,21-22H,7H2,(H2,18,19,24)/t10-,11+,12-,14-/m1/s1. The zero-order valence-corrected chi connectivity index (χ0v) is 15.5. The van der Waals surface area contributed by atoms with Crippen molar-refractivity contribution in [3.63, 3.8) is 0 Å². The van der Waals surface area contributed by atoms with Crippen molar-refractivity contribution in [2.24, 2.45) is 0 Å². The molecule has 0 radical (unpaired) electrons. The van der Waals surface area contributed by atoms with Crippen molar-refractivity contribution in [2.45, 2.75) is 24.5 Å². The van der Waals surface area contributed by atoms with E-state index < -0.39 is 42.8 Å². The van der Waals surface area contributed by atoms with Crippen molar-refractivity contribution >= 4 is 34.4 Å². The van der Waals surface area contributed by atoms with Gasteiger partial charge < -0.3 is 25.4 Å². The summed E-state index contributed by atoms with van der Waals surface area (Å²) in [5.41, 5.74) is 5.16. The van der Waals surface area contributed by atoms with E-state index in [1.54, 1.807) is 30.3 Å². The van der Waals surface area contributed by atoms with E-state index in [4.69, 9.17) is 15.2 Å². The average Bonchev–Trinajstić information content (AvgIpc) is 2.94. The summed E-state index contributed by atoms with van der Waals surface area (Å²) in [5.74, 6) is -0.611. The van der Waals surface area contributed by atoms with Crippen LogP contribution in [0, 0.1) is 3.57 Å². The zero-order valence-electron chi connectivity index (χ0n) is 13.4. The first-order valence-corrected chi connectivity index (χ1v) is 8.75. The summed E-state index contributed by atoms with van der Waals surface area (Å²) in [6.45, 7) is -0.505. The van der Waals surface area contributed by atoms with Gasteiger partial charge in [-0.3, -0.25) is 4.57 Å². The first kappa shape index (κ1) is 18.8. The molecule has 4 atom stereocenters. The maximum Gasteiger partial charge on any atom is 0.351 e. The number of nitrogens with zero attached hydrogens (tertiary/aromatic N) is 2. The second-order valence-electron chi connectivity index (χ2n) is 5.64. The van der Waals surface area contributed by atoms with Gasteiger partial charge in [-0.1, -0.05) is 18.2 Å². The van der Waals surface area contributed by atoms with Crippen LogP contribution in [0.2, 0.25) is 0 Å². The molecule has 0 saturated carbocycles. The highest BCUT2D eigenvalue weighted by molar-refractivity contribution is 14.1. The highest BCUT2D eigenvalue weighted by Crippen LogP contribution is 2.31. The van der Waals surface area contributed by atoms with Gasteiger partial charge in [-0.25, -0.2) is 9.59 Å². The number of carbonyl (C=O) groups excluding carboxylic acids is 1. The van der Waals surface area contributed by atoms with Gasteiger partial charge in [0.05, 0.1) is 15.7 Å². The smallest absolute Gasteiger partial charge is 0.351 e. The Hall–Kier alpha value is -2.02. The lowest BCUT2D eigenvalue weighted by atomic mass is 10.1. The molecule has 9 nitrogen and oxygen atoms in total. The number of hydrogen-bond acceptors (Lipinski definition) is 8. The van der Waals surface area contributed by atoms with Crippen LogP contribution in [-0.4, -0.2) is 50.7 Å². The Morgan fingerprint density at radius 1 is 1.38 bits per heavy atom. The molecular formula is C16H16IN3O6. The summed E-state index contributed by atoms with van der Waals surface area (Å²) in [6, 6.07) is 8.22. The summed E-state index contributed by atoms with van der Waals surface area (Å²) in [4.78, 5) is 28.0. The summed E-state index contributed by atoms with van der Waals surface area (Å²) < 4.78 is 12.4. The van der Waals surface area contributed by atoms with Crippen LogP contribution >= 0.6 is 22.6 Å². The van der Waals surface area contributed by atoms with Crippen molar-refractivity contribution < 1.29 is 24.5 Å². The molecule has 26 heavy (non-hydrogen) atoms. The van der Waals surface area contributed by atoms with E-state index in [9.17, 15) is 19.8 Å². The Labute approximate surface area is 161 Å². The van der Waals surface area contributed by atoms with Gasteiger partial charge in [-0.15, -0.1) is 0 Å². The molecule has 0 unspecified atom stereocenters. The van der Waals surface area contributed by atoms with Crippen LogP contribution in [-0.2, 0) is 9.47 Å². The zero-order chi connectivity index (χ0) is 18.8. The number of benzene rings is 1. The second-order valence-corrected chi connectivity index (χ2v) is 6.80. The van der Waals surface area contributed by atoms with Gasteiger partial charge in [0.1, 0.15) is 18.0 Å². The van der Waals surface area contributed by atoms with E-state index in [-0.39, 0.29) is 5.82 Å². The topological polar surface area (TPSA) is 137 Å². The Morgan fingerprint density at radius 3 is 2.73 bits per heavy atom. The molecule has 2 aromatic rings. The first-order valence-electron chi connectivity index (χ1n) is 7.67. The van der Waals surface area contributed by atoms with Crippen LogP contribution in [0.4, 0.5) is 5.82 Å². The van der Waals surface area contributed by atoms with Crippen LogP contribution in [0.1, 0.15) is 16.6 Å². The molecular weight excluding hydrogens is 457 g/mol. The fourth-order valence-corrected chi connectivity index (χ4v) is 3.07. The Bertz CT molecular complexity index is 859. The molecule has 0 amide bonds. The second kappa shape index (κ2) is 7.70. The molecule has 2 heterocycles. The molecule has 4 N–H and O–H groups in total. The number of ether oxygens (including phenoxy) is 2. The molecule has 1 aliphatic rings. The van der Waals surface area contributed by atoms with Crippen LogP contribution in [0.3, 0.4) is 0 Å². The molecule has 1 aliphatic heterocycles. The lowest BCUT2D eigenvalue weighted by Crippen LogP contribution is -2.39. The number of nitrogens with two attached hydrogens (primary N) is 1. The molecule has 138 valence electrons.